The molecule has 2 saturated carbocycles. The van der Waals surface area contributed by atoms with E-state index in [1.54, 1.807) is 4.57 Å². The average molecular weight is 276 g/mol. The van der Waals surface area contributed by atoms with Gasteiger partial charge in [0.25, 0.3) is 14.2 Å². The van der Waals surface area contributed by atoms with Gasteiger partial charge in [0, 0.05) is 22.6 Å². The van der Waals surface area contributed by atoms with Crippen LogP contribution in [0.2, 0.25) is 0 Å². The van der Waals surface area contributed by atoms with E-state index in [4.69, 9.17) is 10.7 Å². The minimum Gasteiger partial charge on any atom is -0.297 e. The summed E-state index contributed by atoms with van der Waals surface area (Å²) < 4.78 is 24.6. The topological polar surface area (TPSA) is 64.8 Å². The summed E-state index contributed by atoms with van der Waals surface area (Å²) in [6.07, 6.45) is 4.37. The Kier molecular flexibility index (Phi) is 2.49. The third-order valence-corrected chi connectivity index (χ3v) is 4.69. The molecule has 2 aliphatic carbocycles. The predicted molar refractivity (Wildman–Crippen MR) is 62.5 cm³/mol. The third-order valence-electron chi connectivity index (χ3n) is 3.56. The number of nitrogens with zero attached hydrogens (tertiary/aromatic N) is 3. The van der Waals surface area contributed by atoms with Gasteiger partial charge in [0.05, 0.1) is 0 Å². The van der Waals surface area contributed by atoms with Gasteiger partial charge in [-0.05, 0) is 31.6 Å². The van der Waals surface area contributed by atoms with Crippen molar-refractivity contribution in [2.75, 3.05) is 0 Å². The van der Waals surface area contributed by atoms with Crippen molar-refractivity contribution in [2.24, 2.45) is 5.92 Å². The van der Waals surface area contributed by atoms with Gasteiger partial charge in [0.2, 0.25) is 0 Å². The molecule has 3 rings (SSSR count). The molecule has 0 N–H and O–H groups in total. The first-order valence-corrected chi connectivity index (χ1v) is 8.19. The summed E-state index contributed by atoms with van der Waals surface area (Å²) in [5.41, 5.74) is 0. The van der Waals surface area contributed by atoms with Crippen LogP contribution in [-0.4, -0.2) is 23.2 Å². The van der Waals surface area contributed by atoms with Crippen molar-refractivity contribution in [2.45, 2.75) is 49.7 Å². The Hall–Kier alpha value is -0.620. The fraction of sp³-hybridized carbons (Fsp3) is 0.800. The molecule has 17 heavy (non-hydrogen) atoms. The van der Waals surface area contributed by atoms with Crippen molar-refractivity contribution in [3.63, 3.8) is 0 Å². The van der Waals surface area contributed by atoms with Crippen molar-refractivity contribution in [1.29, 1.82) is 0 Å². The fourth-order valence-electron chi connectivity index (χ4n) is 2.25. The third kappa shape index (κ3) is 2.08. The molecule has 0 radical (unpaired) electrons. The molecule has 1 unspecified atom stereocenters. The van der Waals surface area contributed by atoms with Gasteiger partial charge in [-0.1, -0.05) is 6.92 Å². The predicted octanol–water partition coefficient (Wildman–Crippen LogP) is 2.05. The first-order valence-electron chi connectivity index (χ1n) is 5.88. The maximum Gasteiger partial charge on any atom is 0.296 e. The Labute approximate surface area is 105 Å². The molecular formula is C10H14ClN3O2S. The van der Waals surface area contributed by atoms with Crippen LogP contribution in [0.15, 0.2) is 5.16 Å². The van der Waals surface area contributed by atoms with E-state index in [0.717, 1.165) is 18.7 Å². The Bertz CT molecular complexity index is 546. The number of aromatic nitrogens is 3. The standard InChI is InChI=1S/C10H14ClN3O2S/c1-6(7-2-3-7)9-12-13-10(17(11,15)16)14(9)8-4-5-8/h6-8H,2-5H2,1H3. The molecule has 1 atom stereocenters. The van der Waals surface area contributed by atoms with E-state index < -0.39 is 9.05 Å². The van der Waals surface area contributed by atoms with Crippen LogP contribution in [0.3, 0.4) is 0 Å². The smallest absolute Gasteiger partial charge is 0.296 e. The minimum atomic E-state index is -3.79. The highest BCUT2D eigenvalue weighted by atomic mass is 35.7. The van der Waals surface area contributed by atoms with E-state index in [2.05, 4.69) is 17.1 Å². The van der Waals surface area contributed by atoms with Gasteiger partial charge in [-0.3, -0.25) is 4.57 Å². The zero-order valence-corrected chi connectivity index (χ0v) is 11.1. The zero-order chi connectivity index (χ0) is 12.2. The van der Waals surface area contributed by atoms with Crippen LogP contribution in [0.5, 0.6) is 0 Å². The lowest BCUT2D eigenvalue weighted by molar-refractivity contribution is 0.532. The van der Waals surface area contributed by atoms with Crippen LogP contribution >= 0.6 is 10.7 Å². The second-order valence-corrected chi connectivity index (χ2v) is 7.47. The van der Waals surface area contributed by atoms with Gasteiger partial charge < -0.3 is 0 Å². The van der Waals surface area contributed by atoms with E-state index in [0.29, 0.717) is 5.92 Å². The number of halogens is 1. The van der Waals surface area contributed by atoms with Crippen LogP contribution in [0.25, 0.3) is 0 Å². The number of hydrogen-bond donors (Lipinski definition) is 0. The molecule has 0 amide bonds. The summed E-state index contributed by atoms with van der Waals surface area (Å²) in [4.78, 5) is 0. The monoisotopic (exact) mass is 275 g/mol. The van der Waals surface area contributed by atoms with Gasteiger partial charge >= 0.3 is 0 Å². The van der Waals surface area contributed by atoms with E-state index in [1.807, 2.05) is 0 Å². The van der Waals surface area contributed by atoms with Crippen molar-refractivity contribution in [3.8, 4) is 0 Å². The molecule has 94 valence electrons. The molecule has 1 aromatic rings. The molecule has 2 aliphatic rings. The van der Waals surface area contributed by atoms with E-state index in [-0.39, 0.29) is 17.1 Å². The summed E-state index contributed by atoms with van der Waals surface area (Å²) in [6, 6.07) is 0.227. The lowest BCUT2D eigenvalue weighted by Gasteiger charge is -2.12. The molecule has 0 bridgehead atoms. The van der Waals surface area contributed by atoms with Gasteiger partial charge in [-0.2, -0.15) is 0 Å². The van der Waals surface area contributed by atoms with Crippen LogP contribution < -0.4 is 0 Å². The largest absolute Gasteiger partial charge is 0.297 e. The highest BCUT2D eigenvalue weighted by Gasteiger charge is 2.38. The molecule has 0 spiro atoms. The zero-order valence-electron chi connectivity index (χ0n) is 9.50. The molecule has 5 nitrogen and oxygen atoms in total. The first-order chi connectivity index (χ1) is 7.98. The second kappa shape index (κ2) is 3.68. The van der Waals surface area contributed by atoms with Crippen LogP contribution in [0.1, 0.15) is 50.4 Å². The lowest BCUT2D eigenvalue weighted by Crippen LogP contribution is -2.11. The summed E-state index contributed by atoms with van der Waals surface area (Å²) in [7, 11) is 1.60. The summed E-state index contributed by atoms with van der Waals surface area (Å²) in [6.45, 7) is 2.09. The number of rotatable bonds is 4. The summed E-state index contributed by atoms with van der Waals surface area (Å²) >= 11 is 0. The SMILES string of the molecule is CC(c1nnc(S(=O)(=O)Cl)n1C1CC1)C1CC1. The highest BCUT2D eigenvalue weighted by molar-refractivity contribution is 8.13. The van der Waals surface area contributed by atoms with Gasteiger partial charge in [-0.15, -0.1) is 10.2 Å². The Balaban J connectivity index is 2.06. The normalized spacial score (nSPS) is 22.7. The Morgan fingerprint density at radius 1 is 1.29 bits per heavy atom. The quantitative estimate of drug-likeness (QED) is 0.789. The molecule has 0 saturated heterocycles. The molecule has 2 fully saturated rings. The number of hydrogen-bond acceptors (Lipinski definition) is 4. The maximum atomic E-state index is 11.4. The Morgan fingerprint density at radius 3 is 2.41 bits per heavy atom. The van der Waals surface area contributed by atoms with Crippen LogP contribution in [-0.2, 0) is 9.05 Å². The van der Waals surface area contributed by atoms with Gasteiger partial charge in [-0.25, -0.2) is 8.42 Å². The molecule has 1 aromatic heterocycles. The summed E-state index contributed by atoms with van der Waals surface area (Å²) in [5, 5.41) is 7.75. The molecule has 0 aromatic carbocycles. The lowest BCUT2D eigenvalue weighted by atomic mass is 10.1. The van der Waals surface area contributed by atoms with Crippen LogP contribution in [0.4, 0.5) is 0 Å². The van der Waals surface area contributed by atoms with Gasteiger partial charge in [0.1, 0.15) is 5.82 Å². The van der Waals surface area contributed by atoms with E-state index >= 15 is 0 Å². The van der Waals surface area contributed by atoms with Gasteiger partial charge in [0.15, 0.2) is 0 Å². The molecule has 0 aliphatic heterocycles. The van der Waals surface area contributed by atoms with Crippen molar-refractivity contribution in [3.05, 3.63) is 5.82 Å². The highest BCUT2D eigenvalue weighted by Crippen LogP contribution is 2.45. The fourth-order valence-corrected chi connectivity index (χ4v) is 3.18. The van der Waals surface area contributed by atoms with Crippen molar-refractivity contribution in [1.82, 2.24) is 14.8 Å². The molecular weight excluding hydrogens is 262 g/mol. The van der Waals surface area contributed by atoms with Crippen molar-refractivity contribution >= 4 is 19.7 Å². The average Bonchev–Trinajstić information content (AvgIpc) is 3.12. The minimum absolute atomic E-state index is 0.0795. The first kappa shape index (κ1) is 11.5. The Morgan fingerprint density at radius 2 is 1.94 bits per heavy atom. The van der Waals surface area contributed by atoms with E-state index in [9.17, 15) is 8.42 Å². The van der Waals surface area contributed by atoms with Crippen LogP contribution in [0, 0.1) is 5.92 Å². The molecule has 7 heteroatoms. The second-order valence-electron chi connectivity index (χ2n) is 5.01. The van der Waals surface area contributed by atoms with Crippen molar-refractivity contribution < 1.29 is 8.42 Å². The summed E-state index contributed by atoms with van der Waals surface area (Å²) in [5.74, 6) is 1.69. The maximum absolute atomic E-state index is 11.4. The van der Waals surface area contributed by atoms with E-state index in [1.165, 1.54) is 12.8 Å². The molecule has 1 heterocycles.